The molecule has 2 aromatic rings. The summed E-state index contributed by atoms with van der Waals surface area (Å²) in [6.45, 7) is 3.26. The van der Waals surface area contributed by atoms with Crippen molar-refractivity contribution in [3.63, 3.8) is 0 Å². The highest BCUT2D eigenvalue weighted by Crippen LogP contribution is 2.41. The maximum absolute atomic E-state index is 13.0. The Morgan fingerprint density at radius 3 is 2.27 bits per heavy atom. The van der Waals surface area contributed by atoms with Crippen molar-refractivity contribution < 1.29 is 14.1 Å². The van der Waals surface area contributed by atoms with E-state index in [1.54, 1.807) is 25.3 Å². The van der Waals surface area contributed by atoms with E-state index in [0.717, 1.165) is 83.4 Å². The molecule has 0 fully saturated rings. The van der Waals surface area contributed by atoms with Crippen LogP contribution in [0.4, 0.5) is 10.5 Å². The number of carbonyl (C=O) groups is 1. The number of thiol groups is 1. The van der Waals surface area contributed by atoms with Crippen molar-refractivity contribution in [3.05, 3.63) is 44.8 Å². The van der Waals surface area contributed by atoms with Crippen molar-refractivity contribution in [2.45, 2.75) is 62.2 Å². The maximum atomic E-state index is 13.0. The van der Waals surface area contributed by atoms with E-state index in [2.05, 4.69) is 16.1 Å². The second kappa shape index (κ2) is 7.46. The molecule has 30 heavy (non-hydrogen) atoms. The van der Waals surface area contributed by atoms with Gasteiger partial charge in [0.2, 0.25) is 0 Å². The second-order valence-electron chi connectivity index (χ2n) is 8.44. The molecule has 2 aliphatic rings. The number of amides is 2. The number of aliphatic hydroxyl groups is 1. The second-order valence-corrected chi connectivity index (χ2v) is 11.7. The van der Waals surface area contributed by atoms with Gasteiger partial charge in [0.05, 0.1) is 21.4 Å². The monoisotopic (exact) mass is 446 g/mol. The number of hydrogen-bond acceptors (Lipinski definition) is 5. The summed E-state index contributed by atoms with van der Waals surface area (Å²) in [6, 6.07) is 3.32. The van der Waals surface area contributed by atoms with Crippen LogP contribution in [0.2, 0.25) is 0 Å². The molecule has 1 aromatic heterocycles. The minimum absolute atomic E-state index is 0.324. The molecule has 0 atom stereocenters. The van der Waals surface area contributed by atoms with Gasteiger partial charge in [-0.2, -0.15) is 5.26 Å². The van der Waals surface area contributed by atoms with Crippen LogP contribution in [0.3, 0.4) is 0 Å². The van der Waals surface area contributed by atoms with Gasteiger partial charge in [0.1, 0.15) is 0 Å². The van der Waals surface area contributed by atoms with E-state index in [1.807, 2.05) is 0 Å². The summed E-state index contributed by atoms with van der Waals surface area (Å²) in [5, 5.41) is 30.4. The molecule has 0 saturated carbocycles. The molecule has 0 unspecified atom stereocenters. The molecule has 0 saturated heterocycles. The number of nitriles is 1. The Bertz CT molecular complexity index is 1090. The summed E-state index contributed by atoms with van der Waals surface area (Å²) in [5.41, 5.74) is 5.18. The average Bonchev–Trinajstić information content (AvgIpc) is 3.40. The van der Waals surface area contributed by atoms with E-state index in [-0.39, 0.29) is 0 Å². The number of rotatable bonds is 4. The molecule has 1 heterocycles. The van der Waals surface area contributed by atoms with Gasteiger partial charge in [-0.05, 0) is 91.6 Å². The Hall–Kier alpha value is -2.25. The number of fused-ring (bicyclic) bond motifs is 2. The van der Waals surface area contributed by atoms with Crippen LogP contribution in [0.15, 0.2) is 15.7 Å². The number of thiophene rings is 1. The molecule has 4 rings (SSSR count). The summed E-state index contributed by atoms with van der Waals surface area (Å²) in [5.74, 6) is 0. The first-order chi connectivity index (χ1) is 14.1. The summed E-state index contributed by atoms with van der Waals surface area (Å²) in [4.78, 5) is 12.8. The van der Waals surface area contributed by atoms with Crippen molar-refractivity contribution in [3.8, 4) is 6.07 Å². The Morgan fingerprint density at radius 1 is 1.20 bits per heavy atom. The first-order valence-corrected chi connectivity index (χ1v) is 12.7. The third kappa shape index (κ3) is 3.65. The first kappa shape index (κ1) is 21.0. The van der Waals surface area contributed by atoms with Crippen LogP contribution in [0.1, 0.15) is 60.1 Å². The van der Waals surface area contributed by atoms with Crippen LogP contribution in [-0.2, 0) is 41.6 Å². The van der Waals surface area contributed by atoms with E-state index < -0.39 is 21.9 Å². The summed E-state index contributed by atoms with van der Waals surface area (Å²) >= 11 is 1.15. The fourth-order valence-electron chi connectivity index (χ4n) is 4.41. The first-order valence-electron chi connectivity index (χ1n) is 10.0. The molecular weight excluding hydrogens is 420 g/mol. The number of nitrogens with zero attached hydrogens (tertiary/aromatic N) is 1. The molecular formula is C21H26N4O3S2. The zero-order valence-corrected chi connectivity index (χ0v) is 18.8. The average molecular weight is 447 g/mol. The number of benzene rings is 1. The van der Waals surface area contributed by atoms with E-state index >= 15 is 0 Å². The van der Waals surface area contributed by atoms with E-state index in [4.69, 9.17) is 5.14 Å². The number of anilines is 1. The van der Waals surface area contributed by atoms with Gasteiger partial charge in [-0.15, -0.1) is 11.3 Å². The lowest BCUT2D eigenvalue weighted by Crippen LogP contribution is -2.44. The highest BCUT2D eigenvalue weighted by atomic mass is 32.3. The number of urea groups is 1. The van der Waals surface area contributed by atoms with Crippen molar-refractivity contribution >= 4 is 33.4 Å². The van der Waals surface area contributed by atoms with Crippen molar-refractivity contribution in [1.29, 1.82) is 5.26 Å². The number of nitrogens with one attached hydrogen (secondary N) is 2. The third-order valence-corrected chi connectivity index (χ3v) is 9.06. The SMILES string of the molecule is CC(C)(O)c1csc([SH](N)(=O)NC(=O)Nc2c3c(c(C#N)c4c2CCC4)CCC3)c1. The minimum Gasteiger partial charge on any atom is -0.386 e. The normalized spacial score (nSPS) is 16.0. The van der Waals surface area contributed by atoms with Gasteiger partial charge < -0.3 is 10.4 Å². The standard InChI is InChI=1S/C21H26N4O3S2/c1-21(2,27)12-9-18(29-11-12)30(23,28)25-20(26)24-19-15-7-3-5-13(15)17(10-22)14-6-4-8-16(14)19/h9,11,27,30H,3-8H2,1-2H3,(H4,23,24,25,26,28). The van der Waals surface area contributed by atoms with E-state index in [0.29, 0.717) is 9.77 Å². The van der Waals surface area contributed by atoms with Gasteiger partial charge in [0.25, 0.3) is 0 Å². The fraction of sp³-hybridized carbons (Fsp3) is 0.429. The maximum Gasteiger partial charge on any atom is 0.330 e. The Morgan fingerprint density at radius 2 is 1.77 bits per heavy atom. The minimum atomic E-state index is -3.65. The van der Waals surface area contributed by atoms with Crippen molar-refractivity contribution in [2.24, 2.45) is 5.14 Å². The number of carbonyl (C=O) groups excluding carboxylic acids is 1. The van der Waals surface area contributed by atoms with E-state index in [1.165, 1.54) is 0 Å². The molecule has 0 radical (unpaired) electrons. The Kier molecular flexibility index (Phi) is 5.22. The van der Waals surface area contributed by atoms with Gasteiger partial charge in [-0.3, -0.25) is 9.86 Å². The summed E-state index contributed by atoms with van der Waals surface area (Å²) in [6.07, 6.45) is 5.21. The molecule has 1 aromatic carbocycles. The lowest BCUT2D eigenvalue weighted by Gasteiger charge is -2.22. The van der Waals surface area contributed by atoms with E-state index in [9.17, 15) is 19.4 Å². The summed E-state index contributed by atoms with van der Waals surface area (Å²) < 4.78 is 15.8. The molecule has 2 amide bonds. The Balaban J connectivity index is 1.61. The quantitative estimate of drug-likeness (QED) is 0.463. The van der Waals surface area contributed by atoms with Gasteiger partial charge in [-0.1, -0.05) is 0 Å². The topological polar surface area (TPSA) is 128 Å². The largest absolute Gasteiger partial charge is 0.386 e. The summed E-state index contributed by atoms with van der Waals surface area (Å²) in [7, 11) is -3.65. The predicted molar refractivity (Wildman–Crippen MR) is 119 cm³/mol. The van der Waals surface area contributed by atoms with Gasteiger partial charge in [0, 0.05) is 16.0 Å². The highest BCUT2D eigenvalue weighted by molar-refractivity contribution is 8.01. The van der Waals surface area contributed by atoms with Crippen molar-refractivity contribution in [1.82, 2.24) is 4.72 Å². The smallest absolute Gasteiger partial charge is 0.330 e. The molecule has 2 aliphatic carbocycles. The molecule has 0 aliphatic heterocycles. The van der Waals surface area contributed by atoms with Gasteiger partial charge in [-0.25, -0.2) is 9.00 Å². The van der Waals surface area contributed by atoms with Crippen molar-refractivity contribution in [2.75, 3.05) is 5.32 Å². The van der Waals surface area contributed by atoms with Crippen LogP contribution >= 0.6 is 11.3 Å². The highest BCUT2D eigenvalue weighted by Gasteiger charge is 2.30. The predicted octanol–water partition coefficient (Wildman–Crippen LogP) is 2.81. The number of nitrogens with two attached hydrogens (primary N) is 1. The molecule has 0 spiro atoms. The third-order valence-electron chi connectivity index (χ3n) is 5.88. The Labute approximate surface area is 181 Å². The fourth-order valence-corrected chi connectivity index (χ4v) is 6.93. The van der Waals surface area contributed by atoms with Crippen LogP contribution < -0.4 is 15.2 Å². The lowest BCUT2D eigenvalue weighted by atomic mass is 9.93. The zero-order valence-electron chi connectivity index (χ0n) is 17.0. The van der Waals surface area contributed by atoms with Crippen LogP contribution in [0.5, 0.6) is 0 Å². The van der Waals surface area contributed by atoms with Gasteiger partial charge in [0.15, 0.2) is 0 Å². The molecule has 9 heteroatoms. The number of hydrogen-bond donors (Lipinski definition) is 5. The lowest BCUT2D eigenvalue weighted by molar-refractivity contribution is 0.0789. The molecule has 5 N–H and O–H groups in total. The van der Waals surface area contributed by atoms with Crippen LogP contribution in [-0.4, -0.2) is 15.3 Å². The van der Waals surface area contributed by atoms with Crippen LogP contribution in [0, 0.1) is 11.3 Å². The molecule has 7 nitrogen and oxygen atoms in total. The molecule has 160 valence electrons. The van der Waals surface area contributed by atoms with Crippen LogP contribution in [0.25, 0.3) is 0 Å². The zero-order chi connectivity index (χ0) is 21.7. The van der Waals surface area contributed by atoms with Gasteiger partial charge >= 0.3 is 6.03 Å². The molecule has 0 bridgehead atoms.